The Balaban J connectivity index is 1.45. The lowest BCUT2D eigenvalue weighted by Gasteiger charge is -2.29. The number of benzene rings is 2. The quantitative estimate of drug-likeness (QED) is 0.805. The van der Waals surface area contributed by atoms with Gasteiger partial charge in [0, 0.05) is 24.7 Å². The SMILES string of the molecule is Cc1c(C(=O)N[C@H]2C[C@@H](C(=O)O)N(CC3CCCCC3)C2)ccc2ccccc12. The zero-order chi connectivity index (χ0) is 20.4. The molecule has 2 fully saturated rings. The predicted molar refractivity (Wildman–Crippen MR) is 114 cm³/mol. The van der Waals surface area contributed by atoms with Gasteiger partial charge >= 0.3 is 5.97 Å². The number of carbonyl (C=O) groups excluding carboxylic acids is 1. The molecule has 1 aliphatic carbocycles. The van der Waals surface area contributed by atoms with E-state index in [1.54, 1.807) is 0 Å². The summed E-state index contributed by atoms with van der Waals surface area (Å²) in [7, 11) is 0. The van der Waals surface area contributed by atoms with Crippen molar-refractivity contribution in [3.8, 4) is 0 Å². The molecule has 2 atom stereocenters. The molecule has 2 aliphatic rings. The molecule has 1 saturated heterocycles. The smallest absolute Gasteiger partial charge is 0.321 e. The average molecular weight is 395 g/mol. The van der Waals surface area contributed by atoms with Crippen molar-refractivity contribution in [3.63, 3.8) is 0 Å². The zero-order valence-corrected chi connectivity index (χ0v) is 17.1. The molecule has 5 nitrogen and oxygen atoms in total. The van der Waals surface area contributed by atoms with E-state index in [1.807, 2.05) is 43.3 Å². The van der Waals surface area contributed by atoms with Crippen LogP contribution in [0.1, 0.15) is 54.4 Å². The fraction of sp³-hybridized carbons (Fsp3) is 0.500. The van der Waals surface area contributed by atoms with Crippen LogP contribution in [0.3, 0.4) is 0 Å². The molecule has 2 aromatic rings. The number of fused-ring (bicyclic) bond motifs is 1. The summed E-state index contributed by atoms with van der Waals surface area (Å²) in [6, 6.07) is 11.3. The van der Waals surface area contributed by atoms with Crippen LogP contribution in [0, 0.1) is 12.8 Å². The summed E-state index contributed by atoms with van der Waals surface area (Å²) >= 11 is 0. The lowest BCUT2D eigenvalue weighted by Crippen LogP contribution is -2.40. The predicted octanol–water partition coefficient (Wildman–Crippen LogP) is 3.99. The fourth-order valence-electron chi connectivity index (χ4n) is 5.10. The molecule has 0 radical (unpaired) electrons. The number of rotatable bonds is 5. The van der Waals surface area contributed by atoms with Gasteiger partial charge in [0.15, 0.2) is 0 Å². The standard InChI is InChI=1S/C24H30N2O3/c1-16-20-10-6-5-9-18(20)11-12-21(16)23(27)25-19-13-22(24(28)29)26(15-19)14-17-7-3-2-4-8-17/h5-6,9-12,17,19,22H,2-4,7-8,13-15H2,1H3,(H,25,27)(H,28,29)/t19-,22-/m0/s1. The third-order valence-electron chi connectivity index (χ3n) is 6.68. The molecule has 2 N–H and O–H groups in total. The van der Waals surface area contributed by atoms with Gasteiger partial charge < -0.3 is 10.4 Å². The Labute approximate surface area is 172 Å². The molecule has 2 aromatic carbocycles. The van der Waals surface area contributed by atoms with Gasteiger partial charge in [0.25, 0.3) is 5.91 Å². The maximum atomic E-state index is 13.0. The third-order valence-corrected chi connectivity index (χ3v) is 6.68. The minimum Gasteiger partial charge on any atom is -0.480 e. The van der Waals surface area contributed by atoms with Gasteiger partial charge in [-0.3, -0.25) is 14.5 Å². The molecular weight excluding hydrogens is 364 g/mol. The number of likely N-dealkylation sites (tertiary alicyclic amines) is 1. The van der Waals surface area contributed by atoms with E-state index in [-0.39, 0.29) is 11.9 Å². The summed E-state index contributed by atoms with van der Waals surface area (Å²) in [5.74, 6) is -0.302. The van der Waals surface area contributed by atoms with Gasteiger partial charge in [-0.05, 0) is 54.5 Å². The van der Waals surface area contributed by atoms with Crippen LogP contribution < -0.4 is 5.32 Å². The normalized spacial score (nSPS) is 23.3. The van der Waals surface area contributed by atoms with Gasteiger partial charge in [0.2, 0.25) is 0 Å². The van der Waals surface area contributed by atoms with E-state index in [0.717, 1.165) is 22.9 Å². The van der Waals surface area contributed by atoms with E-state index in [0.29, 0.717) is 24.4 Å². The van der Waals surface area contributed by atoms with Crippen LogP contribution in [0.4, 0.5) is 0 Å². The largest absolute Gasteiger partial charge is 0.480 e. The van der Waals surface area contributed by atoms with E-state index < -0.39 is 12.0 Å². The molecule has 4 rings (SSSR count). The number of amides is 1. The second-order valence-corrected chi connectivity index (χ2v) is 8.68. The van der Waals surface area contributed by atoms with Gasteiger partial charge in [-0.1, -0.05) is 49.6 Å². The van der Waals surface area contributed by atoms with Gasteiger partial charge in [-0.25, -0.2) is 0 Å². The molecule has 0 bridgehead atoms. The van der Waals surface area contributed by atoms with Gasteiger partial charge in [-0.2, -0.15) is 0 Å². The molecule has 1 saturated carbocycles. The van der Waals surface area contributed by atoms with Crippen LogP contribution in [0.15, 0.2) is 36.4 Å². The number of nitrogens with one attached hydrogen (secondary N) is 1. The number of nitrogens with zero attached hydrogens (tertiary/aromatic N) is 1. The van der Waals surface area contributed by atoms with Crippen LogP contribution in [-0.2, 0) is 4.79 Å². The Hall–Kier alpha value is -2.40. The lowest BCUT2D eigenvalue weighted by molar-refractivity contribution is -0.142. The number of carbonyl (C=O) groups is 2. The highest BCUT2D eigenvalue weighted by atomic mass is 16.4. The van der Waals surface area contributed by atoms with Crippen LogP contribution in [0.2, 0.25) is 0 Å². The van der Waals surface area contributed by atoms with Crippen LogP contribution in [0.25, 0.3) is 10.8 Å². The number of carboxylic acid groups (broad SMARTS) is 1. The Kier molecular flexibility index (Phi) is 5.86. The van der Waals surface area contributed by atoms with Crippen LogP contribution in [0.5, 0.6) is 0 Å². The van der Waals surface area contributed by atoms with E-state index in [4.69, 9.17) is 0 Å². The Bertz CT molecular complexity index is 904. The number of carboxylic acids is 1. The van der Waals surface area contributed by atoms with Crippen molar-refractivity contribution in [2.45, 2.75) is 57.5 Å². The van der Waals surface area contributed by atoms with Crippen molar-refractivity contribution in [2.24, 2.45) is 5.92 Å². The second-order valence-electron chi connectivity index (χ2n) is 8.68. The molecular formula is C24H30N2O3. The first kappa shape index (κ1) is 19.9. The molecule has 5 heteroatoms. The maximum Gasteiger partial charge on any atom is 0.321 e. The average Bonchev–Trinajstić information content (AvgIpc) is 3.11. The summed E-state index contributed by atoms with van der Waals surface area (Å²) in [5.41, 5.74) is 1.63. The molecule has 29 heavy (non-hydrogen) atoms. The van der Waals surface area contributed by atoms with Crippen LogP contribution >= 0.6 is 0 Å². The van der Waals surface area contributed by atoms with Crippen molar-refractivity contribution in [2.75, 3.05) is 13.1 Å². The van der Waals surface area contributed by atoms with Crippen LogP contribution in [-0.4, -0.2) is 47.1 Å². The highest BCUT2D eigenvalue weighted by Gasteiger charge is 2.38. The molecule has 154 valence electrons. The molecule has 0 aromatic heterocycles. The zero-order valence-electron chi connectivity index (χ0n) is 17.1. The Morgan fingerprint density at radius 3 is 2.62 bits per heavy atom. The van der Waals surface area contributed by atoms with E-state index in [1.165, 1.54) is 32.1 Å². The van der Waals surface area contributed by atoms with Crippen molar-refractivity contribution in [3.05, 3.63) is 47.5 Å². The number of hydrogen-bond acceptors (Lipinski definition) is 3. The first-order valence-corrected chi connectivity index (χ1v) is 10.8. The summed E-state index contributed by atoms with van der Waals surface area (Å²) in [5, 5.41) is 15.0. The summed E-state index contributed by atoms with van der Waals surface area (Å²) in [6.45, 7) is 3.42. The Morgan fingerprint density at radius 2 is 1.86 bits per heavy atom. The summed E-state index contributed by atoms with van der Waals surface area (Å²) in [4.78, 5) is 26.8. The van der Waals surface area contributed by atoms with Crippen molar-refractivity contribution in [1.82, 2.24) is 10.2 Å². The van der Waals surface area contributed by atoms with E-state index >= 15 is 0 Å². The maximum absolute atomic E-state index is 13.0. The molecule has 0 unspecified atom stereocenters. The topological polar surface area (TPSA) is 69.6 Å². The van der Waals surface area contributed by atoms with Crippen molar-refractivity contribution < 1.29 is 14.7 Å². The van der Waals surface area contributed by atoms with E-state index in [9.17, 15) is 14.7 Å². The first-order chi connectivity index (χ1) is 14.0. The second kappa shape index (κ2) is 8.54. The minimum absolute atomic E-state index is 0.109. The highest BCUT2D eigenvalue weighted by molar-refractivity contribution is 6.01. The fourth-order valence-corrected chi connectivity index (χ4v) is 5.10. The van der Waals surface area contributed by atoms with Gasteiger partial charge in [0.1, 0.15) is 6.04 Å². The minimum atomic E-state index is -0.778. The highest BCUT2D eigenvalue weighted by Crippen LogP contribution is 2.28. The number of aliphatic carboxylic acids is 1. The van der Waals surface area contributed by atoms with E-state index in [2.05, 4.69) is 10.2 Å². The Morgan fingerprint density at radius 1 is 1.10 bits per heavy atom. The van der Waals surface area contributed by atoms with Crippen molar-refractivity contribution >= 4 is 22.6 Å². The van der Waals surface area contributed by atoms with Gasteiger partial charge in [-0.15, -0.1) is 0 Å². The summed E-state index contributed by atoms with van der Waals surface area (Å²) in [6.07, 6.45) is 6.64. The molecule has 1 amide bonds. The lowest BCUT2D eigenvalue weighted by atomic mass is 9.89. The van der Waals surface area contributed by atoms with Gasteiger partial charge in [0.05, 0.1) is 0 Å². The number of hydrogen-bond donors (Lipinski definition) is 2. The first-order valence-electron chi connectivity index (χ1n) is 10.8. The molecule has 0 spiro atoms. The molecule has 1 heterocycles. The number of aryl methyl sites for hydroxylation is 1. The molecule has 1 aliphatic heterocycles. The monoisotopic (exact) mass is 394 g/mol. The third kappa shape index (κ3) is 4.30. The van der Waals surface area contributed by atoms with Crippen molar-refractivity contribution in [1.29, 1.82) is 0 Å². The summed E-state index contributed by atoms with van der Waals surface area (Å²) < 4.78 is 0.